The zero-order valence-electron chi connectivity index (χ0n) is 9.75. The minimum atomic E-state index is 0.0755. The van der Waals surface area contributed by atoms with Gasteiger partial charge in [-0.15, -0.1) is 0 Å². The van der Waals surface area contributed by atoms with Gasteiger partial charge in [-0.1, -0.05) is 17.7 Å². The fourth-order valence-electron chi connectivity index (χ4n) is 2.22. The number of hydrogen-bond acceptors (Lipinski definition) is 1. The van der Waals surface area contributed by atoms with Crippen LogP contribution in [0.25, 0.3) is 0 Å². The third-order valence-electron chi connectivity index (χ3n) is 3.25. The molecule has 0 bridgehead atoms. The summed E-state index contributed by atoms with van der Waals surface area (Å²) >= 11 is 9.40. The lowest BCUT2D eigenvalue weighted by Gasteiger charge is -2.33. The van der Waals surface area contributed by atoms with Crippen LogP contribution in [0.15, 0.2) is 22.7 Å². The van der Waals surface area contributed by atoms with Crippen molar-refractivity contribution in [3.8, 4) is 0 Å². The Morgan fingerprint density at radius 2 is 2.24 bits per heavy atom. The quantitative estimate of drug-likeness (QED) is 0.763. The van der Waals surface area contributed by atoms with Crippen LogP contribution in [-0.4, -0.2) is 23.4 Å². The van der Waals surface area contributed by atoms with Gasteiger partial charge in [0, 0.05) is 17.1 Å². The molecule has 0 radical (unpaired) electrons. The van der Waals surface area contributed by atoms with Crippen molar-refractivity contribution in [2.45, 2.75) is 32.2 Å². The summed E-state index contributed by atoms with van der Waals surface area (Å²) in [4.78, 5) is 14.4. The summed E-state index contributed by atoms with van der Waals surface area (Å²) in [6.45, 7) is 2.95. The second kappa shape index (κ2) is 5.40. The van der Waals surface area contributed by atoms with Gasteiger partial charge >= 0.3 is 0 Å². The van der Waals surface area contributed by atoms with Crippen molar-refractivity contribution in [2.24, 2.45) is 0 Å². The molecule has 1 aromatic rings. The summed E-state index contributed by atoms with van der Waals surface area (Å²) in [6.07, 6.45) is 3.39. The molecule has 0 N–H and O–H groups in total. The minimum Gasteiger partial charge on any atom is -0.336 e. The van der Waals surface area contributed by atoms with Crippen LogP contribution in [-0.2, 0) is 0 Å². The highest BCUT2D eigenvalue weighted by molar-refractivity contribution is 9.10. The van der Waals surface area contributed by atoms with E-state index in [1.54, 1.807) is 6.07 Å². The topological polar surface area (TPSA) is 20.3 Å². The normalized spacial score (nSPS) is 20.4. The number of benzene rings is 1. The van der Waals surface area contributed by atoms with Gasteiger partial charge in [-0.2, -0.15) is 0 Å². The molecule has 0 aliphatic carbocycles. The van der Waals surface area contributed by atoms with E-state index in [1.165, 1.54) is 6.42 Å². The summed E-state index contributed by atoms with van der Waals surface area (Å²) in [7, 11) is 0. The average molecular weight is 317 g/mol. The van der Waals surface area contributed by atoms with Crippen molar-refractivity contribution in [1.29, 1.82) is 0 Å². The maximum absolute atomic E-state index is 12.4. The maximum Gasteiger partial charge on any atom is 0.255 e. The van der Waals surface area contributed by atoms with E-state index in [1.807, 2.05) is 17.0 Å². The molecule has 4 heteroatoms. The largest absolute Gasteiger partial charge is 0.336 e. The first-order valence-electron chi connectivity index (χ1n) is 5.86. The number of likely N-dealkylation sites (tertiary alicyclic amines) is 1. The van der Waals surface area contributed by atoms with Gasteiger partial charge in [0.25, 0.3) is 5.91 Å². The molecule has 92 valence electrons. The Morgan fingerprint density at radius 1 is 1.47 bits per heavy atom. The van der Waals surface area contributed by atoms with Crippen LogP contribution in [0.5, 0.6) is 0 Å². The minimum absolute atomic E-state index is 0.0755. The highest BCUT2D eigenvalue weighted by Gasteiger charge is 2.25. The molecule has 0 spiro atoms. The first kappa shape index (κ1) is 12.9. The van der Waals surface area contributed by atoms with Gasteiger partial charge in [0.2, 0.25) is 0 Å². The average Bonchev–Trinajstić information content (AvgIpc) is 2.32. The van der Waals surface area contributed by atoms with Crippen LogP contribution in [0.1, 0.15) is 36.5 Å². The Balaban J connectivity index is 2.27. The van der Waals surface area contributed by atoms with Crippen molar-refractivity contribution < 1.29 is 4.79 Å². The Hall–Kier alpha value is -0.540. The Bertz CT molecular complexity index is 435. The van der Waals surface area contributed by atoms with E-state index in [0.29, 0.717) is 21.1 Å². The number of hydrogen-bond donors (Lipinski definition) is 0. The van der Waals surface area contributed by atoms with E-state index in [4.69, 9.17) is 11.6 Å². The summed E-state index contributed by atoms with van der Waals surface area (Å²) in [6, 6.07) is 5.73. The van der Waals surface area contributed by atoms with Crippen LogP contribution < -0.4 is 0 Å². The molecule has 2 nitrogen and oxygen atoms in total. The molecule has 1 unspecified atom stereocenters. The molecule has 1 amide bonds. The molecular weight excluding hydrogens is 302 g/mol. The first-order valence-corrected chi connectivity index (χ1v) is 7.03. The molecule has 1 aromatic carbocycles. The molecule has 1 aliphatic rings. The van der Waals surface area contributed by atoms with Crippen LogP contribution in [0.2, 0.25) is 5.02 Å². The Labute approximate surface area is 115 Å². The van der Waals surface area contributed by atoms with Gasteiger partial charge in [0.1, 0.15) is 0 Å². The number of halogens is 2. The summed E-state index contributed by atoms with van der Waals surface area (Å²) in [5.41, 5.74) is 0.659. The Morgan fingerprint density at radius 3 is 2.94 bits per heavy atom. The number of piperidine rings is 1. The smallest absolute Gasteiger partial charge is 0.255 e. The summed E-state index contributed by atoms with van der Waals surface area (Å²) in [5, 5.41) is 0.584. The Kier molecular flexibility index (Phi) is 4.10. The van der Waals surface area contributed by atoms with Gasteiger partial charge < -0.3 is 4.90 Å². The number of amides is 1. The number of carbonyl (C=O) groups excluding carboxylic acids is 1. The predicted molar refractivity (Wildman–Crippen MR) is 73.5 cm³/mol. The van der Waals surface area contributed by atoms with E-state index >= 15 is 0 Å². The van der Waals surface area contributed by atoms with Gasteiger partial charge in [0.15, 0.2) is 0 Å². The van der Waals surface area contributed by atoms with E-state index in [9.17, 15) is 4.79 Å². The fraction of sp³-hybridized carbons (Fsp3) is 0.462. The summed E-state index contributed by atoms with van der Waals surface area (Å²) in [5.74, 6) is 0.0755. The zero-order chi connectivity index (χ0) is 12.4. The molecule has 2 rings (SSSR count). The second-order valence-corrected chi connectivity index (χ2v) is 5.64. The lowest BCUT2D eigenvalue weighted by molar-refractivity contribution is 0.0634. The van der Waals surface area contributed by atoms with Crippen molar-refractivity contribution in [1.82, 2.24) is 4.90 Å². The predicted octanol–water partition coefficient (Wildman–Crippen LogP) is 4.12. The zero-order valence-corrected chi connectivity index (χ0v) is 12.1. The SMILES string of the molecule is CC1CCCCN1C(=O)c1cccc(Cl)c1Br. The highest BCUT2D eigenvalue weighted by Crippen LogP contribution is 2.28. The van der Waals surface area contributed by atoms with Crippen LogP contribution in [0.4, 0.5) is 0 Å². The molecule has 1 aliphatic heterocycles. The number of nitrogens with zero attached hydrogens (tertiary/aromatic N) is 1. The standard InChI is InChI=1S/C13H15BrClNO/c1-9-5-2-3-8-16(9)13(17)10-6-4-7-11(15)12(10)14/h4,6-7,9H,2-3,5,8H2,1H3. The number of carbonyl (C=O) groups is 1. The van der Waals surface area contributed by atoms with E-state index in [0.717, 1.165) is 19.4 Å². The maximum atomic E-state index is 12.4. The van der Waals surface area contributed by atoms with Gasteiger partial charge in [0.05, 0.1) is 10.6 Å². The van der Waals surface area contributed by atoms with Crippen LogP contribution in [0, 0.1) is 0 Å². The lowest BCUT2D eigenvalue weighted by atomic mass is 10.0. The molecule has 1 saturated heterocycles. The fourth-order valence-corrected chi connectivity index (χ4v) is 2.83. The van der Waals surface area contributed by atoms with Gasteiger partial charge in [-0.25, -0.2) is 0 Å². The van der Waals surface area contributed by atoms with Crippen molar-refractivity contribution in [3.05, 3.63) is 33.3 Å². The molecule has 17 heavy (non-hydrogen) atoms. The monoisotopic (exact) mass is 315 g/mol. The number of rotatable bonds is 1. The molecular formula is C13H15BrClNO. The van der Waals surface area contributed by atoms with Gasteiger partial charge in [-0.3, -0.25) is 4.79 Å². The van der Waals surface area contributed by atoms with E-state index in [2.05, 4.69) is 22.9 Å². The van der Waals surface area contributed by atoms with Gasteiger partial charge in [-0.05, 0) is 54.2 Å². The van der Waals surface area contributed by atoms with Crippen LogP contribution >= 0.6 is 27.5 Å². The first-order chi connectivity index (χ1) is 8.11. The molecule has 1 heterocycles. The van der Waals surface area contributed by atoms with Crippen molar-refractivity contribution >= 4 is 33.4 Å². The van der Waals surface area contributed by atoms with Crippen molar-refractivity contribution in [3.63, 3.8) is 0 Å². The molecule has 1 atom stereocenters. The highest BCUT2D eigenvalue weighted by atomic mass is 79.9. The third-order valence-corrected chi connectivity index (χ3v) is 4.64. The summed E-state index contributed by atoms with van der Waals surface area (Å²) < 4.78 is 0.699. The molecule has 0 aromatic heterocycles. The molecule has 0 saturated carbocycles. The third kappa shape index (κ3) is 2.66. The molecule has 1 fully saturated rings. The van der Waals surface area contributed by atoms with E-state index < -0.39 is 0 Å². The van der Waals surface area contributed by atoms with Crippen molar-refractivity contribution in [2.75, 3.05) is 6.54 Å². The van der Waals surface area contributed by atoms with E-state index in [-0.39, 0.29) is 5.91 Å². The second-order valence-electron chi connectivity index (χ2n) is 4.44. The lowest BCUT2D eigenvalue weighted by Crippen LogP contribution is -2.42. The van der Waals surface area contributed by atoms with Crippen LogP contribution in [0.3, 0.4) is 0 Å².